The molecule has 0 saturated carbocycles. The van der Waals surface area contributed by atoms with Crippen molar-refractivity contribution in [3.05, 3.63) is 0 Å². The quantitative estimate of drug-likeness (QED) is 0.571. The minimum absolute atomic E-state index is 0.00646. The Morgan fingerprint density at radius 3 is 2.36 bits per heavy atom. The van der Waals surface area contributed by atoms with Crippen molar-refractivity contribution < 1.29 is 0 Å². The molecule has 1 aliphatic heterocycles. The second-order valence-corrected chi connectivity index (χ2v) is 3.55. The van der Waals surface area contributed by atoms with Crippen LogP contribution in [0.1, 0.15) is 26.2 Å². The molecule has 0 aliphatic carbocycles. The number of hydrogen-bond donors (Lipinski definition) is 0. The van der Waals surface area contributed by atoms with Crippen molar-refractivity contribution in [1.29, 1.82) is 5.26 Å². The van der Waals surface area contributed by atoms with Gasteiger partial charge >= 0.3 is 0 Å². The monoisotopic (exact) mass is 152 g/mol. The molecule has 1 aliphatic rings. The second kappa shape index (κ2) is 3.23. The standard InChI is InChI=1S/C9H16N2/c1-3-9(8-10)4-6-11(2)7-5-9/h3-7H2,1-2H3. The van der Waals surface area contributed by atoms with Gasteiger partial charge in [0, 0.05) is 0 Å². The van der Waals surface area contributed by atoms with Gasteiger partial charge in [0.25, 0.3) is 0 Å². The molecule has 1 heterocycles. The van der Waals surface area contributed by atoms with Gasteiger partial charge in [-0.15, -0.1) is 0 Å². The van der Waals surface area contributed by atoms with Gasteiger partial charge in [0.05, 0.1) is 11.5 Å². The first-order valence-corrected chi connectivity index (χ1v) is 4.32. The van der Waals surface area contributed by atoms with Crippen LogP contribution >= 0.6 is 0 Å². The fourth-order valence-corrected chi connectivity index (χ4v) is 1.59. The Morgan fingerprint density at radius 2 is 2.00 bits per heavy atom. The summed E-state index contributed by atoms with van der Waals surface area (Å²) < 4.78 is 0. The minimum atomic E-state index is 0.00646. The molecular weight excluding hydrogens is 136 g/mol. The summed E-state index contributed by atoms with van der Waals surface area (Å²) in [7, 11) is 2.12. The summed E-state index contributed by atoms with van der Waals surface area (Å²) in [6.45, 7) is 4.29. The van der Waals surface area contributed by atoms with Gasteiger partial charge in [-0.05, 0) is 39.4 Å². The number of rotatable bonds is 1. The SMILES string of the molecule is CCC1(C#N)CCN(C)CC1. The average molecular weight is 152 g/mol. The summed E-state index contributed by atoms with van der Waals surface area (Å²) in [5.74, 6) is 0. The van der Waals surface area contributed by atoms with Crippen molar-refractivity contribution in [1.82, 2.24) is 4.90 Å². The molecule has 0 radical (unpaired) electrons. The first-order chi connectivity index (χ1) is 5.22. The summed E-state index contributed by atoms with van der Waals surface area (Å²) in [6.07, 6.45) is 3.12. The lowest BCUT2D eigenvalue weighted by Crippen LogP contribution is -2.36. The highest BCUT2D eigenvalue weighted by molar-refractivity contribution is 5.00. The van der Waals surface area contributed by atoms with Crippen molar-refractivity contribution in [2.24, 2.45) is 5.41 Å². The van der Waals surface area contributed by atoms with Crippen LogP contribution in [0, 0.1) is 16.7 Å². The van der Waals surface area contributed by atoms with Gasteiger partial charge in [-0.1, -0.05) is 6.92 Å². The molecule has 0 aromatic heterocycles. The van der Waals surface area contributed by atoms with Crippen molar-refractivity contribution in [2.75, 3.05) is 20.1 Å². The van der Waals surface area contributed by atoms with Gasteiger partial charge in [0.2, 0.25) is 0 Å². The normalized spacial score (nSPS) is 24.5. The van der Waals surface area contributed by atoms with Gasteiger partial charge in [-0.3, -0.25) is 0 Å². The number of piperidine rings is 1. The van der Waals surface area contributed by atoms with Gasteiger partial charge in [-0.25, -0.2) is 0 Å². The maximum Gasteiger partial charge on any atom is 0.0690 e. The van der Waals surface area contributed by atoms with E-state index in [1.54, 1.807) is 0 Å². The van der Waals surface area contributed by atoms with E-state index in [0.717, 1.165) is 32.4 Å². The van der Waals surface area contributed by atoms with Crippen molar-refractivity contribution in [3.8, 4) is 6.07 Å². The molecule has 0 amide bonds. The summed E-state index contributed by atoms with van der Waals surface area (Å²) in [5, 5.41) is 8.96. The summed E-state index contributed by atoms with van der Waals surface area (Å²) >= 11 is 0. The van der Waals surface area contributed by atoms with E-state index < -0.39 is 0 Å². The van der Waals surface area contributed by atoms with Crippen LogP contribution in [0.4, 0.5) is 0 Å². The molecule has 0 unspecified atom stereocenters. The third-order valence-electron chi connectivity index (χ3n) is 2.86. The lowest BCUT2D eigenvalue weighted by Gasteiger charge is -2.34. The molecule has 1 fully saturated rings. The van der Waals surface area contributed by atoms with E-state index in [1.807, 2.05) is 0 Å². The fraction of sp³-hybridized carbons (Fsp3) is 0.889. The largest absolute Gasteiger partial charge is 0.306 e. The van der Waals surface area contributed by atoms with E-state index in [-0.39, 0.29) is 5.41 Å². The van der Waals surface area contributed by atoms with Crippen LogP contribution in [-0.4, -0.2) is 25.0 Å². The van der Waals surface area contributed by atoms with Gasteiger partial charge in [0.15, 0.2) is 0 Å². The van der Waals surface area contributed by atoms with Crippen LogP contribution in [0.3, 0.4) is 0 Å². The first kappa shape index (κ1) is 8.55. The average Bonchev–Trinajstić information content (AvgIpc) is 2.07. The van der Waals surface area contributed by atoms with Crippen molar-refractivity contribution in [2.45, 2.75) is 26.2 Å². The van der Waals surface area contributed by atoms with Crippen LogP contribution < -0.4 is 0 Å². The molecule has 2 heteroatoms. The Morgan fingerprint density at radius 1 is 1.45 bits per heavy atom. The van der Waals surface area contributed by atoms with E-state index in [4.69, 9.17) is 5.26 Å². The highest BCUT2D eigenvalue weighted by Crippen LogP contribution is 2.33. The number of likely N-dealkylation sites (tertiary alicyclic amines) is 1. The number of nitriles is 1. The zero-order valence-corrected chi connectivity index (χ0v) is 7.43. The highest BCUT2D eigenvalue weighted by Gasteiger charge is 2.31. The molecule has 1 saturated heterocycles. The Balaban J connectivity index is 2.54. The summed E-state index contributed by atoms with van der Waals surface area (Å²) in [6, 6.07) is 2.46. The smallest absolute Gasteiger partial charge is 0.0690 e. The molecular formula is C9H16N2. The van der Waals surface area contributed by atoms with Gasteiger partial charge in [-0.2, -0.15) is 5.26 Å². The molecule has 0 atom stereocenters. The maximum absolute atomic E-state index is 8.96. The van der Waals surface area contributed by atoms with Crippen LogP contribution in [0.25, 0.3) is 0 Å². The lowest BCUT2D eigenvalue weighted by molar-refractivity contribution is 0.167. The molecule has 0 bridgehead atoms. The van der Waals surface area contributed by atoms with E-state index in [2.05, 4.69) is 24.9 Å². The molecule has 62 valence electrons. The molecule has 0 aromatic rings. The predicted octanol–water partition coefficient (Wildman–Crippen LogP) is 1.63. The number of hydrogen-bond acceptors (Lipinski definition) is 2. The number of nitrogens with zero attached hydrogens (tertiary/aromatic N) is 2. The summed E-state index contributed by atoms with van der Waals surface area (Å²) in [4.78, 5) is 2.30. The Kier molecular flexibility index (Phi) is 2.51. The minimum Gasteiger partial charge on any atom is -0.306 e. The van der Waals surface area contributed by atoms with Gasteiger partial charge < -0.3 is 4.90 Å². The first-order valence-electron chi connectivity index (χ1n) is 4.32. The Hall–Kier alpha value is -0.550. The molecule has 2 nitrogen and oxygen atoms in total. The maximum atomic E-state index is 8.96. The topological polar surface area (TPSA) is 27.0 Å². The van der Waals surface area contributed by atoms with E-state index in [9.17, 15) is 0 Å². The Bertz CT molecular complexity index is 161. The van der Waals surface area contributed by atoms with Crippen LogP contribution in [0.15, 0.2) is 0 Å². The van der Waals surface area contributed by atoms with E-state index >= 15 is 0 Å². The summed E-state index contributed by atoms with van der Waals surface area (Å²) in [5.41, 5.74) is 0.00646. The highest BCUT2D eigenvalue weighted by atomic mass is 15.1. The third-order valence-corrected chi connectivity index (χ3v) is 2.86. The molecule has 11 heavy (non-hydrogen) atoms. The zero-order chi connectivity index (χ0) is 8.32. The van der Waals surface area contributed by atoms with Crippen LogP contribution in [0.2, 0.25) is 0 Å². The molecule has 0 N–H and O–H groups in total. The van der Waals surface area contributed by atoms with E-state index in [0.29, 0.717) is 0 Å². The predicted molar refractivity (Wildman–Crippen MR) is 45.1 cm³/mol. The van der Waals surface area contributed by atoms with E-state index in [1.165, 1.54) is 0 Å². The van der Waals surface area contributed by atoms with Gasteiger partial charge in [0.1, 0.15) is 0 Å². The molecule has 0 aromatic carbocycles. The molecule has 1 rings (SSSR count). The Labute approximate surface area is 68.8 Å². The van der Waals surface area contributed by atoms with Crippen LogP contribution in [-0.2, 0) is 0 Å². The zero-order valence-electron chi connectivity index (χ0n) is 7.43. The van der Waals surface area contributed by atoms with Crippen LogP contribution in [0.5, 0.6) is 0 Å². The van der Waals surface area contributed by atoms with Crippen molar-refractivity contribution in [3.63, 3.8) is 0 Å². The second-order valence-electron chi connectivity index (χ2n) is 3.55. The third kappa shape index (κ3) is 1.72. The lowest BCUT2D eigenvalue weighted by atomic mass is 9.78. The molecule has 0 spiro atoms. The van der Waals surface area contributed by atoms with Crippen molar-refractivity contribution >= 4 is 0 Å². The fourth-order valence-electron chi connectivity index (χ4n) is 1.59.